The lowest BCUT2D eigenvalue weighted by molar-refractivity contribution is 0.312. The second-order valence-corrected chi connectivity index (χ2v) is 3.90. The van der Waals surface area contributed by atoms with Crippen LogP contribution in [0.15, 0.2) is 36.4 Å². The highest BCUT2D eigenvalue weighted by atomic mass is 16.5. The SMILES string of the molecule is CN1CCOc2ccc3ccccc3c21. The number of nitrogens with zero attached hydrogens (tertiary/aromatic N) is 1. The number of likely N-dealkylation sites (N-methyl/N-ethyl adjacent to an activating group) is 1. The van der Waals surface area contributed by atoms with Crippen LogP contribution in [0.25, 0.3) is 10.8 Å². The quantitative estimate of drug-likeness (QED) is 0.646. The summed E-state index contributed by atoms with van der Waals surface area (Å²) in [6, 6.07) is 12.6. The first-order chi connectivity index (χ1) is 7.36. The van der Waals surface area contributed by atoms with Crippen LogP contribution in [-0.4, -0.2) is 20.2 Å². The Morgan fingerprint density at radius 3 is 2.93 bits per heavy atom. The summed E-state index contributed by atoms with van der Waals surface area (Å²) in [7, 11) is 2.12. The average Bonchev–Trinajstić information content (AvgIpc) is 2.29. The highest BCUT2D eigenvalue weighted by Crippen LogP contribution is 2.37. The lowest BCUT2D eigenvalue weighted by Gasteiger charge is -2.28. The van der Waals surface area contributed by atoms with Gasteiger partial charge in [-0.3, -0.25) is 0 Å². The van der Waals surface area contributed by atoms with Gasteiger partial charge in [0.05, 0.1) is 12.2 Å². The number of rotatable bonds is 0. The zero-order valence-corrected chi connectivity index (χ0v) is 8.73. The molecule has 2 nitrogen and oxygen atoms in total. The van der Waals surface area contributed by atoms with Gasteiger partial charge in [-0.2, -0.15) is 0 Å². The van der Waals surface area contributed by atoms with Gasteiger partial charge >= 0.3 is 0 Å². The van der Waals surface area contributed by atoms with E-state index >= 15 is 0 Å². The third-order valence-electron chi connectivity index (χ3n) is 2.93. The van der Waals surface area contributed by atoms with Gasteiger partial charge in [-0.1, -0.05) is 30.3 Å². The van der Waals surface area contributed by atoms with E-state index in [4.69, 9.17) is 4.74 Å². The minimum absolute atomic E-state index is 0.780. The summed E-state index contributed by atoms with van der Waals surface area (Å²) in [5, 5.41) is 2.55. The van der Waals surface area contributed by atoms with Crippen molar-refractivity contribution in [3.63, 3.8) is 0 Å². The van der Waals surface area contributed by atoms with Crippen LogP contribution in [0, 0.1) is 0 Å². The zero-order valence-electron chi connectivity index (χ0n) is 8.73. The Bertz CT molecular complexity index is 507. The lowest BCUT2D eigenvalue weighted by atomic mass is 10.1. The van der Waals surface area contributed by atoms with Crippen molar-refractivity contribution in [2.45, 2.75) is 0 Å². The van der Waals surface area contributed by atoms with Crippen LogP contribution in [-0.2, 0) is 0 Å². The van der Waals surface area contributed by atoms with Gasteiger partial charge in [0.15, 0.2) is 0 Å². The van der Waals surface area contributed by atoms with Crippen molar-refractivity contribution in [3.05, 3.63) is 36.4 Å². The first-order valence-corrected chi connectivity index (χ1v) is 5.22. The van der Waals surface area contributed by atoms with Crippen LogP contribution in [0.2, 0.25) is 0 Å². The van der Waals surface area contributed by atoms with E-state index in [1.165, 1.54) is 16.5 Å². The number of benzene rings is 2. The van der Waals surface area contributed by atoms with Gasteiger partial charge in [-0.15, -0.1) is 0 Å². The Morgan fingerprint density at radius 2 is 2.00 bits per heavy atom. The Morgan fingerprint density at radius 1 is 1.13 bits per heavy atom. The van der Waals surface area contributed by atoms with E-state index in [0.717, 1.165) is 18.9 Å². The summed E-state index contributed by atoms with van der Waals surface area (Å²) in [6.07, 6.45) is 0. The zero-order chi connectivity index (χ0) is 10.3. The summed E-state index contributed by atoms with van der Waals surface area (Å²) in [5.41, 5.74) is 1.22. The molecule has 2 aromatic carbocycles. The molecule has 0 saturated heterocycles. The molecule has 3 rings (SSSR count). The number of hydrogen-bond donors (Lipinski definition) is 0. The van der Waals surface area contributed by atoms with Crippen molar-refractivity contribution in [1.29, 1.82) is 0 Å². The molecule has 76 valence electrons. The molecular formula is C13H13NO. The summed E-state index contributed by atoms with van der Waals surface area (Å²) < 4.78 is 5.66. The van der Waals surface area contributed by atoms with Crippen molar-refractivity contribution in [2.75, 3.05) is 25.1 Å². The molecule has 2 heteroatoms. The molecule has 0 N–H and O–H groups in total. The molecule has 0 radical (unpaired) electrons. The minimum Gasteiger partial charge on any atom is -0.490 e. The van der Waals surface area contributed by atoms with E-state index in [9.17, 15) is 0 Å². The van der Waals surface area contributed by atoms with Crippen LogP contribution in [0.5, 0.6) is 5.75 Å². The van der Waals surface area contributed by atoms with Crippen LogP contribution in [0.1, 0.15) is 0 Å². The van der Waals surface area contributed by atoms with Crippen LogP contribution in [0.3, 0.4) is 0 Å². The number of ether oxygens (including phenoxy) is 1. The molecule has 0 amide bonds. The summed E-state index contributed by atoms with van der Waals surface area (Å²) in [5.74, 6) is 1.00. The molecule has 0 unspecified atom stereocenters. The summed E-state index contributed by atoms with van der Waals surface area (Å²) in [6.45, 7) is 1.74. The van der Waals surface area contributed by atoms with E-state index in [1.54, 1.807) is 0 Å². The second-order valence-electron chi connectivity index (χ2n) is 3.90. The standard InChI is InChI=1S/C13H13NO/c1-14-8-9-15-12-7-6-10-4-2-3-5-11(10)13(12)14/h2-7H,8-9H2,1H3. The smallest absolute Gasteiger partial charge is 0.143 e. The van der Waals surface area contributed by atoms with Gasteiger partial charge in [0.2, 0.25) is 0 Å². The molecule has 0 atom stereocenters. The van der Waals surface area contributed by atoms with Crippen LogP contribution in [0.4, 0.5) is 5.69 Å². The lowest BCUT2D eigenvalue weighted by Crippen LogP contribution is -2.28. The molecule has 0 aromatic heterocycles. The average molecular weight is 199 g/mol. The van der Waals surface area contributed by atoms with E-state index < -0.39 is 0 Å². The molecule has 0 fully saturated rings. The second kappa shape index (κ2) is 3.16. The predicted octanol–water partition coefficient (Wildman–Crippen LogP) is 2.67. The topological polar surface area (TPSA) is 12.5 Å². The molecule has 0 aliphatic carbocycles. The van der Waals surface area contributed by atoms with Gasteiger partial charge < -0.3 is 9.64 Å². The maximum atomic E-state index is 5.66. The monoisotopic (exact) mass is 199 g/mol. The maximum absolute atomic E-state index is 5.66. The Hall–Kier alpha value is -1.70. The Balaban J connectivity index is 2.35. The fourth-order valence-electron chi connectivity index (χ4n) is 2.15. The molecule has 1 heterocycles. The van der Waals surface area contributed by atoms with Gasteiger partial charge in [0.25, 0.3) is 0 Å². The van der Waals surface area contributed by atoms with Crippen LogP contribution >= 0.6 is 0 Å². The normalized spacial score (nSPS) is 14.9. The van der Waals surface area contributed by atoms with E-state index in [0.29, 0.717) is 0 Å². The molecular weight excluding hydrogens is 186 g/mol. The first-order valence-electron chi connectivity index (χ1n) is 5.22. The molecule has 0 spiro atoms. The fraction of sp³-hybridized carbons (Fsp3) is 0.231. The summed E-state index contributed by atoms with van der Waals surface area (Å²) in [4.78, 5) is 2.27. The Labute approximate surface area is 89.1 Å². The molecule has 1 aliphatic heterocycles. The van der Waals surface area contributed by atoms with Crippen molar-refractivity contribution in [1.82, 2.24) is 0 Å². The molecule has 0 saturated carbocycles. The van der Waals surface area contributed by atoms with Crippen molar-refractivity contribution in [2.24, 2.45) is 0 Å². The fourth-order valence-corrected chi connectivity index (χ4v) is 2.15. The molecule has 0 bridgehead atoms. The van der Waals surface area contributed by atoms with Crippen molar-refractivity contribution < 1.29 is 4.74 Å². The summed E-state index contributed by atoms with van der Waals surface area (Å²) >= 11 is 0. The van der Waals surface area contributed by atoms with Crippen LogP contribution < -0.4 is 9.64 Å². The molecule has 2 aromatic rings. The first kappa shape index (κ1) is 8.60. The third kappa shape index (κ3) is 1.25. The molecule has 1 aliphatic rings. The van der Waals surface area contributed by atoms with Gasteiger partial charge in [0.1, 0.15) is 12.4 Å². The van der Waals surface area contributed by atoms with Gasteiger partial charge in [-0.05, 0) is 11.5 Å². The van der Waals surface area contributed by atoms with E-state index in [2.05, 4.69) is 48.3 Å². The molecule has 15 heavy (non-hydrogen) atoms. The maximum Gasteiger partial charge on any atom is 0.143 e. The van der Waals surface area contributed by atoms with Gasteiger partial charge in [-0.25, -0.2) is 0 Å². The predicted molar refractivity (Wildman–Crippen MR) is 62.7 cm³/mol. The number of anilines is 1. The number of fused-ring (bicyclic) bond motifs is 3. The van der Waals surface area contributed by atoms with E-state index in [1.807, 2.05) is 0 Å². The van der Waals surface area contributed by atoms with Crippen molar-refractivity contribution >= 4 is 16.5 Å². The largest absolute Gasteiger partial charge is 0.490 e. The van der Waals surface area contributed by atoms with Gasteiger partial charge in [0, 0.05) is 12.4 Å². The minimum atomic E-state index is 0.780. The Kier molecular flexibility index (Phi) is 1.81. The highest BCUT2D eigenvalue weighted by Gasteiger charge is 2.16. The van der Waals surface area contributed by atoms with Crippen molar-refractivity contribution in [3.8, 4) is 5.75 Å². The number of hydrogen-bond acceptors (Lipinski definition) is 2. The van der Waals surface area contributed by atoms with E-state index in [-0.39, 0.29) is 0 Å². The third-order valence-corrected chi connectivity index (χ3v) is 2.93. The highest BCUT2D eigenvalue weighted by molar-refractivity contribution is 5.97.